The number of hydrogen-bond acceptors (Lipinski definition) is 6. The summed E-state index contributed by atoms with van der Waals surface area (Å²) in [5, 5.41) is 10.5. The van der Waals surface area contributed by atoms with E-state index in [0.29, 0.717) is 22.7 Å². The molecule has 0 bridgehead atoms. The zero-order chi connectivity index (χ0) is 21.8. The minimum absolute atomic E-state index is 0.0495. The number of nitrogens with one attached hydrogen (secondary N) is 2. The Kier molecular flexibility index (Phi) is 5.54. The van der Waals surface area contributed by atoms with E-state index in [2.05, 4.69) is 20.3 Å². The molecular formula is C21H19N5O4S. The summed E-state index contributed by atoms with van der Waals surface area (Å²) in [6.45, 7) is 1.72. The van der Waals surface area contributed by atoms with Gasteiger partial charge in [0.25, 0.3) is 10.0 Å². The fraction of sp³-hybridized carbons (Fsp3) is 0.0952. The van der Waals surface area contributed by atoms with Gasteiger partial charge in [0.15, 0.2) is 5.76 Å². The number of anilines is 2. The van der Waals surface area contributed by atoms with Crippen molar-refractivity contribution in [3.63, 3.8) is 0 Å². The molecule has 0 unspecified atom stereocenters. The molecule has 2 heterocycles. The number of amides is 1. The van der Waals surface area contributed by atoms with Crippen LogP contribution in [0.5, 0.6) is 0 Å². The van der Waals surface area contributed by atoms with E-state index in [0.717, 1.165) is 0 Å². The number of benzene rings is 2. The van der Waals surface area contributed by atoms with Gasteiger partial charge in [-0.1, -0.05) is 23.4 Å². The van der Waals surface area contributed by atoms with Crippen LogP contribution in [0, 0.1) is 0 Å². The van der Waals surface area contributed by atoms with E-state index in [9.17, 15) is 13.2 Å². The summed E-state index contributed by atoms with van der Waals surface area (Å²) >= 11 is 0. The van der Waals surface area contributed by atoms with Crippen LogP contribution in [-0.2, 0) is 14.8 Å². The minimum atomic E-state index is -3.93. The Morgan fingerprint density at radius 3 is 2.58 bits per heavy atom. The lowest BCUT2D eigenvalue weighted by atomic mass is 10.2. The Bertz CT molecular complexity index is 1290. The molecule has 1 atom stereocenters. The Labute approximate surface area is 178 Å². The van der Waals surface area contributed by atoms with Gasteiger partial charge in [-0.2, -0.15) is 5.10 Å². The second-order valence-corrected chi connectivity index (χ2v) is 8.36. The Hall–Kier alpha value is -3.92. The molecule has 9 nitrogen and oxygen atoms in total. The first kappa shape index (κ1) is 20.4. The molecule has 2 aromatic carbocycles. The zero-order valence-corrected chi connectivity index (χ0v) is 17.3. The number of aromatic nitrogens is 3. The van der Waals surface area contributed by atoms with E-state index >= 15 is 0 Å². The first-order valence-electron chi connectivity index (χ1n) is 9.37. The van der Waals surface area contributed by atoms with Crippen molar-refractivity contribution in [1.29, 1.82) is 0 Å². The molecule has 158 valence electrons. The van der Waals surface area contributed by atoms with Gasteiger partial charge < -0.3 is 9.84 Å². The van der Waals surface area contributed by atoms with Gasteiger partial charge in [-0.05, 0) is 43.3 Å². The lowest BCUT2D eigenvalue weighted by Gasteiger charge is -2.14. The Balaban J connectivity index is 1.55. The second kappa shape index (κ2) is 8.44. The third kappa shape index (κ3) is 4.48. The van der Waals surface area contributed by atoms with Crippen molar-refractivity contribution in [2.75, 3.05) is 10.0 Å². The standard InChI is InChI=1S/C21H19N5O4S/c1-15(26-13-5-11-22-26)21(27)24-16-6-4-7-17(14-16)25-31(28,29)20-9-3-2-8-18(20)19-10-12-23-30-19/h2-15,25H,1H3,(H,24,27)/t15-/m1/s1. The second-order valence-electron chi connectivity index (χ2n) is 6.71. The van der Waals surface area contributed by atoms with Crippen molar-refractivity contribution >= 4 is 27.3 Å². The van der Waals surface area contributed by atoms with Crippen LogP contribution < -0.4 is 10.0 Å². The predicted molar refractivity (Wildman–Crippen MR) is 115 cm³/mol. The van der Waals surface area contributed by atoms with Gasteiger partial charge in [-0.25, -0.2) is 8.42 Å². The molecule has 4 aromatic rings. The molecule has 10 heteroatoms. The van der Waals surface area contributed by atoms with Crippen LogP contribution >= 0.6 is 0 Å². The molecule has 4 rings (SSSR count). The number of rotatable bonds is 7. The molecule has 0 spiro atoms. The van der Waals surface area contributed by atoms with E-state index < -0.39 is 16.1 Å². The Morgan fingerprint density at radius 1 is 1.03 bits per heavy atom. The lowest BCUT2D eigenvalue weighted by Crippen LogP contribution is -2.24. The van der Waals surface area contributed by atoms with Gasteiger partial charge in [0.1, 0.15) is 6.04 Å². The van der Waals surface area contributed by atoms with E-state index in [-0.39, 0.29) is 10.8 Å². The number of carbonyl (C=O) groups excluding carboxylic acids is 1. The summed E-state index contributed by atoms with van der Waals surface area (Å²) in [4.78, 5) is 12.5. The summed E-state index contributed by atoms with van der Waals surface area (Å²) in [5.41, 5.74) is 1.15. The fourth-order valence-electron chi connectivity index (χ4n) is 3.01. The maximum absolute atomic E-state index is 13.0. The summed E-state index contributed by atoms with van der Waals surface area (Å²) < 4.78 is 35.3. The van der Waals surface area contributed by atoms with Gasteiger partial charge >= 0.3 is 0 Å². The summed E-state index contributed by atoms with van der Waals surface area (Å²) in [7, 11) is -3.93. The van der Waals surface area contributed by atoms with Crippen molar-refractivity contribution in [2.24, 2.45) is 0 Å². The molecule has 0 aliphatic carbocycles. The number of hydrogen-bond donors (Lipinski definition) is 2. The van der Waals surface area contributed by atoms with E-state index in [1.54, 1.807) is 73.9 Å². The maximum atomic E-state index is 13.0. The highest BCUT2D eigenvalue weighted by Gasteiger charge is 2.21. The highest BCUT2D eigenvalue weighted by molar-refractivity contribution is 7.92. The third-order valence-electron chi connectivity index (χ3n) is 4.56. The van der Waals surface area contributed by atoms with E-state index in [4.69, 9.17) is 4.52 Å². The molecule has 0 saturated carbocycles. The van der Waals surface area contributed by atoms with Crippen LogP contribution in [-0.4, -0.2) is 29.3 Å². The quantitative estimate of drug-likeness (QED) is 0.456. The molecule has 31 heavy (non-hydrogen) atoms. The minimum Gasteiger partial charge on any atom is -0.356 e. The van der Waals surface area contributed by atoms with Crippen molar-refractivity contribution in [2.45, 2.75) is 17.9 Å². The molecule has 0 aliphatic heterocycles. The van der Waals surface area contributed by atoms with Gasteiger partial charge in [0.05, 0.1) is 16.8 Å². The van der Waals surface area contributed by atoms with Crippen molar-refractivity contribution < 1.29 is 17.7 Å². The number of nitrogens with zero attached hydrogens (tertiary/aromatic N) is 3. The molecule has 0 aliphatic rings. The molecule has 1 amide bonds. The zero-order valence-electron chi connectivity index (χ0n) is 16.5. The maximum Gasteiger partial charge on any atom is 0.262 e. The molecule has 0 radical (unpaired) electrons. The first-order valence-corrected chi connectivity index (χ1v) is 10.9. The SMILES string of the molecule is C[C@H](C(=O)Nc1cccc(NS(=O)(=O)c2ccccc2-c2ccno2)c1)n1cccn1. The fourth-order valence-corrected chi connectivity index (χ4v) is 4.27. The van der Waals surface area contributed by atoms with Crippen LogP contribution in [0.1, 0.15) is 13.0 Å². The first-order chi connectivity index (χ1) is 14.9. The van der Waals surface area contributed by atoms with E-state index in [1.165, 1.54) is 16.9 Å². The van der Waals surface area contributed by atoms with Gasteiger partial charge in [0, 0.05) is 29.7 Å². The van der Waals surface area contributed by atoms with Gasteiger partial charge in [0.2, 0.25) is 5.91 Å². The average Bonchev–Trinajstić information content (AvgIpc) is 3.47. The van der Waals surface area contributed by atoms with Crippen molar-refractivity contribution in [3.8, 4) is 11.3 Å². The molecule has 2 N–H and O–H groups in total. The molecular weight excluding hydrogens is 418 g/mol. The summed E-state index contributed by atoms with van der Waals surface area (Å²) in [6.07, 6.45) is 4.74. The van der Waals surface area contributed by atoms with Crippen LogP contribution in [0.25, 0.3) is 11.3 Å². The van der Waals surface area contributed by atoms with Crippen LogP contribution in [0.3, 0.4) is 0 Å². The van der Waals surface area contributed by atoms with Crippen molar-refractivity contribution in [1.82, 2.24) is 14.9 Å². The van der Waals surface area contributed by atoms with Gasteiger partial charge in [-0.3, -0.25) is 14.2 Å². The molecule has 0 fully saturated rings. The Morgan fingerprint density at radius 2 is 1.84 bits per heavy atom. The number of sulfonamides is 1. The molecule has 2 aromatic heterocycles. The summed E-state index contributed by atoms with van der Waals surface area (Å²) in [5.74, 6) is 0.0639. The summed E-state index contributed by atoms with van der Waals surface area (Å²) in [6, 6.07) is 15.7. The third-order valence-corrected chi connectivity index (χ3v) is 6.00. The van der Waals surface area contributed by atoms with Crippen molar-refractivity contribution in [3.05, 3.63) is 79.3 Å². The highest BCUT2D eigenvalue weighted by Crippen LogP contribution is 2.29. The molecule has 0 saturated heterocycles. The monoisotopic (exact) mass is 437 g/mol. The number of carbonyl (C=O) groups is 1. The van der Waals surface area contributed by atoms with Crippen LogP contribution in [0.2, 0.25) is 0 Å². The predicted octanol–water partition coefficient (Wildman–Crippen LogP) is 3.54. The van der Waals surface area contributed by atoms with Crippen LogP contribution in [0.4, 0.5) is 11.4 Å². The highest BCUT2D eigenvalue weighted by atomic mass is 32.2. The topological polar surface area (TPSA) is 119 Å². The smallest absolute Gasteiger partial charge is 0.262 e. The lowest BCUT2D eigenvalue weighted by molar-refractivity contribution is -0.119. The largest absolute Gasteiger partial charge is 0.356 e. The average molecular weight is 437 g/mol. The normalized spacial score (nSPS) is 12.3. The van der Waals surface area contributed by atoms with E-state index in [1.807, 2.05) is 0 Å². The van der Waals surface area contributed by atoms with Gasteiger partial charge in [-0.15, -0.1) is 0 Å². The van der Waals surface area contributed by atoms with Crippen LogP contribution in [0.15, 0.2) is 88.7 Å².